The Kier molecular flexibility index (Phi) is 1.48. The maximum Gasteiger partial charge on any atom is 0.287 e. The van der Waals surface area contributed by atoms with Crippen LogP contribution in [0.25, 0.3) is 0 Å². The van der Waals surface area contributed by atoms with Crippen LogP contribution in [-0.4, -0.2) is 4.98 Å². The summed E-state index contributed by atoms with van der Waals surface area (Å²) in [6.07, 6.45) is 0. The highest BCUT2D eigenvalue weighted by molar-refractivity contribution is 7.07. The van der Waals surface area contributed by atoms with Gasteiger partial charge in [-0.05, 0) is 0 Å². The van der Waals surface area contributed by atoms with Crippen molar-refractivity contribution in [1.29, 1.82) is 0 Å². The highest BCUT2D eigenvalue weighted by Gasteiger charge is 2.25. The van der Waals surface area contributed by atoms with Crippen molar-refractivity contribution in [2.45, 2.75) is 12.8 Å². The normalized spacial score (nSPS) is 11.9. The van der Waals surface area contributed by atoms with Gasteiger partial charge in [0, 0.05) is 12.3 Å². The Morgan fingerprint density at radius 1 is 1.67 bits per heavy atom. The Morgan fingerprint density at radius 3 is 2.56 bits per heavy atom. The number of hydrogen-bond donors (Lipinski definition) is 0. The lowest BCUT2D eigenvalue weighted by atomic mass is 10.3. The Morgan fingerprint density at radius 2 is 2.33 bits per heavy atom. The lowest BCUT2D eigenvalue weighted by Gasteiger charge is -2.03. The van der Waals surface area contributed by atoms with Gasteiger partial charge in [0.1, 0.15) is 5.69 Å². The van der Waals surface area contributed by atoms with Gasteiger partial charge in [-0.3, -0.25) is 0 Å². The second-order valence-corrected chi connectivity index (χ2v) is 2.48. The molecule has 0 bridgehead atoms. The molecular formula is C5H5F2NS. The zero-order chi connectivity index (χ0) is 6.91. The van der Waals surface area contributed by atoms with Gasteiger partial charge >= 0.3 is 0 Å². The number of thiazole rings is 1. The van der Waals surface area contributed by atoms with E-state index in [2.05, 4.69) is 4.98 Å². The average Bonchev–Trinajstić information content (AvgIpc) is 2.08. The molecule has 0 aromatic carbocycles. The highest BCUT2D eigenvalue weighted by atomic mass is 32.1. The Balaban J connectivity index is 2.90. The van der Waals surface area contributed by atoms with Crippen LogP contribution in [0.5, 0.6) is 0 Å². The molecule has 0 saturated heterocycles. The van der Waals surface area contributed by atoms with Crippen LogP contribution in [0.15, 0.2) is 10.9 Å². The van der Waals surface area contributed by atoms with Gasteiger partial charge in [-0.2, -0.15) is 8.78 Å². The molecule has 1 rings (SSSR count). The van der Waals surface area contributed by atoms with Crippen LogP contribution in [0.3, 0.4) is 0 Å². The first-order valence-corrected chi connectivity index (χ1v) is 3.31. The lowest BCUT2D eigenvalue weighted by molar-refractivity contribution is 0.0134. The van der Waals surface area contributed by atoms with Gasteiger partial charge in [-0.15, -0.1) is 11.3 Å². The topological polar surface area (TPSA) is 12.9 Å². The van der Waals surface area contributed by atoms with Gasteiger partial charge in [0.05, 0.1) is 5.51 Å². The summed E-state index contributed by atoms with van der Waals surface area (Å²) in [7, 11) is 0. The summed E-state index contributed by atoms with van der Waals surface area (Å²) in [6.45, 7) is 0.835. The van der Waals surface area contributed by atoms with Crippen LogP contribution < -0.4 is 0 Å². The summed E-state index contributed by atoms with van der Waals surface area (Å²) in [4.78, 5) is 3.46. The molecule has 0 fully saturated rings. The monoisotopic (exact) mass is 149 g/mol. The van der Waals surface area contributed by atoms with Gasteiger partial charge in [0.25, 0.3) is 5.92 Å². The summed E-state index contributed by atoms with van der Waals surface area (Å²) < 4.78 is 24.5. The molecule has 1 heterocycles. The summed E-state index contributed by atoms with van der Waals surface area (Å²) in [5.41, 5.74) is 1.25. The molecule has 0 saturated carbocycles. The van der Waals surface area contributed by atoms with Crippen LogP contribution in [0, 0.1) is 0 Å². The van der Waals surface area contributed by atoms with Crippen LogP contribution in [0.2, 0.25) is 0 Å². The molecule has 0 N–H and O–H groups in total. The van der Waals surface area contributed by atoms with E-state index in [4.69, 9.17) is 0 Å². The maximum atomic E-state index is 12.2. The standard InChI is InChI=1S/C5H5F2NS/c1-5(6,7)4-2-9-3-8-4/h2-3H,1H3. The predicted octanol–water partition coefficient (Wildman–Crippen LogP) is 2.25. The van der Waals surface area contributed by atoms with Crippen molar-refractivity contribution >= 4 is 11.3 Å². The molecule has 0 radical (unpaired) electrons. The second-order valence-electron chi connectivity index (χ2n) is 1.76. The SMILES string of the molecule is CC(F)(F)c1cscn1. The lowest BCUT2D eigenvalue weighted by Crippen LogP contribution is -2.06. The molecule has 0 aliphatic carbocycles. The number of aromatic nitrogens is 1. The fraction of sp³-hybridized carbons (Fsp3) is 0.400. The summed E-state index contributed by atoms with van der Waals surface area (Å²) in [6, 6.07) is 0. The van der Waals surface area contributed by atoms with E-state index in [-0.39, 0.29) is 5.69 Å². The summed E-state index contributed by atoms with van der Waals surface area (Å²) >= 11 is 1.18. The van der Waals surface area contributed by atoms with Gasteiger partial charge in [0.2, 0.25) is 0 Å². The molecule has 0 spiro atoms. The molecule has 0 unspecified atom stereocenters. The number of alkyl halides is 2. The van der Waals surface area contributed by atoms with Gasteiger partial charge in [-0.1, -0.05) is 0 Å². The quantitative estimate of drug-likeness (QED) is 0.596. The molecule has 1 aromatic rings. The van der Waals surface area contributed by atoms with Crippen LogP contribution in [-0.2, 0) is 5.92 Å². The molecule has 1 nitrogen and oxygen atoms in total. The Labute approximate surface area is 55.4 Å². The van der Waals surface area contributed by atoms with Crippen molar-refractivity contribution in [2.24, 2.45) is 0 Å². The molecule has 0 aliphatic rings. The zero-order valence-corrected chi connectivity index (χ0v) is 5.58. The largest absolute Gasteiger partial charge is 0.287 e. The first-order valence-electron chi connectivity index (χ1n) is 2.37. The molecule has 9 heavy (non-hydrogen) atoms. The van der Waals surface area contributed by atoms with Crippen molar-refractivity contribution < 1.29 is 8.78 Å². The zero-order valence-electron chi connectivity index (χ0n) is 4.77. The van der Waals surface area contributed by atoms with Crippen molar-refractivity contribution in [1.82, 2.24) is 4.98 Å². The van der Waals surface area contributed by atoms with Crippen LogP contribution >= 0.6 is 11.3 Å². The van der Waals surface area contributed by atoms with Crippen LogP contribution in [0.1, 0.15) is 12.6 Å². The molecular weight excluding hydrogens is 144 g/mol. The van der Waals surface area contributed by atoms with E-state index in [0.717, 1.165) is 6.92 Å². The summed E-state index contributed by atoms with van der Waals surface area (Å²) in [5.74, 6) is -2.78. The third-order valence-electron chi connectivity index (χ3n) is 0.882. The van der Waals surface area contributed by atoms with Crippen molar-refractivity contribution in [3.8, 4) is 0 Å². The van der Waals surface area contributed by atoms with E-state index in [1.54, 1.807) is 0 Å². The van der Waals surface area contributed by atoms with Crippen molar-refractivity contribution in [3.05, 3.63) is 16.6 Å². The van der Waals surface area contributed by atoms with Gasteiger partial charge in [0.15, 0.2) is 0 Å². The third-order valence-corrected chi connectivity index (χ3v) is 1.47. The fourth-order valence-electron chi connectivity index (χ4n) is 0.429. The molecule has 1 aromatic heterocycles. The Hall–Kier alpha value is -0.510. The number of rotatable bonds is 1. The van der Waals surface area contributed by atoms with Crippen molar-refractivity contribution in [2.75, 3.05) is 0 Å². The molecule has 4 heteroatoms. The summed E-state index contributed by atoms with van der Waals surface area (Å²) in [5, 5.41) is 1.35. The minimum atomic E-state index is -2.78. The average molecular weight is 149 g/mol. The van der Waals surface area contributed by atoms with Crippen molar-refractivity contribution in [3.63, 3.8) is 0 Å². The van der Waals surface area contributed by atoms with E-state index < -0.39 is 5.92 Å². The number of hydrogen-bond acceptors (Lipinski definition) is 2. The minimum absolute atomic E-state index is 0.146. The van der Waals surface area contributed by atoms with E-state index >= 15 is 0 Å². The molecule has 50 valence electrons. The molecule has 0 aliphatic heterocycles. The van der Waals surface area contributed by atoms with E-state index in [1.807, 2.05) is 0 Å². The smallest absolute Gasteiger partial charge is 0.243 e. The van der Waals surface area contributed by atoms with Crippen LogP contribution in [0.4, 0.5) is 8.78 Å². The minimum Gasteiger partial charge on any atom is -0.243 e. The van der Waals surface area contributed by atoms with E-state index in [0.29, 0.717) is 0 Å². The maximum absolute atomic E-state index is 12.2. The second kappa shape index (κ2) is 2.02. The fourth-order valence-corrected chi connectivity index (χ4v) is 1.06. The predicted molar refractivity (Wildman–Crippen MR) is 31.7 cm³/mol. The first-order chi connectivity index (χ1) is 4.11. The highest BCUT2D eigenvalue weighted by Crippen LogP contribution is 2.25. The molecule has 0 atom stereocenters. The van der Waals surface area contributed by atoms with Gasteiger partial charge < -0.3 is 0 Å². The number of halogens is 2. The Bertz CT molecular complexity index is 177. The van der Waals surface area contributed by atoms with Gasteiger partial charge in [-0.25, -0.2) is 4.98 Å². The molecule has 0 amide bonds. The number of nitrogens with zero attached hydrogens (tertiary/aromatic N) is 1. The van der Waals surface area contributed by atoms with E-state index in [1.165, 1.54) is 22.2 Å². The first kappa shape index (κ1) is 6.61. The third kappa shape index (κ3) is 1.45. The van der Waals surface area contributed by atoms with E-state index in [9.17, 15) is 8.78 Å².